The Hall–Kier alpha value is -1.18. The molecule has 0 fully saturated rings. The molecule has 0 saturated carbocycles. The molecule has 1 aromatic rings. The van der Waals surface area contributed by atoms with Gasteiger partial charge in [-0.05, 0) is 24.5 Å². The number of benzene rings is 1. The smallest absolute Gasteiger partial charge is 0.160 e. The van der Waals surface area contributed by atoms with Crippen molar-refractivity contribution in [3.8, 4) is 11.5 Å². The molecular weight excluding hydrogens is 296 g/mol. The molecule has 1 rings (SSSR count). The molecule has 0 amide bonds. The van der Waals surface area contributed by atoms with Crippen LogP contribution in [0.2, 0.25) is 0 Å². The maximum Gasteiger partial charge on any atom is 0.160 e. The van der Waals surface area contributed by atoms with Crippen LogP contribution in [0.15, 0.2) is 18.2 Å². The highest BCUT2D eigenvalue weighted by Gasteiger charge is 2.06. The van der Waals surface area contributed by atoms with E-state index >= 15 is 0 Å². The summed E-state index contributed by atoms with van der Waals surface area (Å²) < 4.78 is 5.15. The van der Waals surface area contributed by atoms with Gasteiger partial charge in [0, 0.05) is 0 Å². The van der Waals surface area contributed by atoms with Gasteiger partial charge in [-0.25, -0.2) is 0 Å². The number of phenolic OH excluding ortho intramolecular Hbond substituents is 1. The van der Waals surface area contributed by atoms with E-state index in [0.717, 1.165) is 18.4 Å². The summed E-state index contributed by atoms with van der Waals surface area (Å²) in [7, 11) is 1.60. The standard InChI is InChI=1S/C22H38O2/c1-3-4-5-6-7-8-9-10-11-12-13-14-15-17-20-18-16-19-21(24-2)22(20)23/h16,18-19,23H,3-15,17H2,1-2H3. The predicted molar refractivity (Wildman–Crippen MR) is 104 cm³/mol. The molecule has 0 saturated heterocycles. The lowest BCUT2D eigenvalue weighted by Gasteiger charge is -2.08. The molecule has 2 nitrogen and oxygen atoms in total. The summed E-state index contributed by atoms with van der Waals surface area (Å²) in [6, 6.07) is 5.76. The quantitative estimate of drug-likeness (QED) is 0.349. The van der Waals surface area contributed by atoms with Crippen molar-refractivity contribution in [1.29, 1.82) is 0 Å². The van der Waals surface area contributed by atoms with Gasteiger partial charge in [-0.15, -0.1) is 0 Å². The summed E-state index contributed by atoms with van der Waals surface area (Å²) in [5.41, 5.74) is 1.01. The van der Waals surface area contributed by atoms with Gasteiger partial charge in [-0.3, -0.25) is 0 Å². The Morgan fingerprint density at radius 2 is 1.25 bits per heavy atom. The van der Waals surface area contributed by atoms with Crippen LogP contribution in [0.25, 0.3) is 0 Å². The van der Waals surface area contributed by atoms with Crippen molar-refractivity contribution >= 4 is 0 Å². The van der Waals surface area contributed by atoms with Crippen molar-refractivity contribution in [3.05, 3.63) is 23.8 Å². The van der Waals surface area contributed by atoms with Crippen LogP contribution >= 0.6 is 0 Å². The van der Waals surface area contributed by atoms with E-state index < -0.39 is 0 Å². The summed E-state index contributed by atoms with van der Waals surface area (Å²) in [5, 5.41) is 10.1. The molecule has 0 heterocycles. The third-order valence-electron chi connectivity index (χ3n) is 4.85. The van der Waals surface area contributed by atoms with Crippen LogP contribution in [0.4, 0.5) is 0 Å². The van der Waals surface area contributed by atoms with Crippen LogP contribution in [0, 0.1) is 0 Å². The van der Waals surface area contributed by atoms with Crippen LogP contribution in [0.1, 0.15) is 96.0 Å². The van der Waals surface area contributed by atoms with E-state index in [2.05, 4.69) is 6.92 Å². The Balaban J connectivity index is 1.92. The van der Waals surface area contributed by atoms with E-state index in [1.165, 1.54) is 77.0 Å². The average Bonchev–Trinajstić information content (AvgIpc) is 2.60. The Morgan fingerprint density at radius 1 is 0.750 bits per heavy atom. The second-order valence-electron chi connectivity index (χ2n) is 6.96. The number of phenols is 1. The van der Waals surface area contributed by atoms with Crippen molar-refractivity contribution in [2.24, 2.45) is 0 Å². The lowest BCUT2D eigenvalue weighted by Crippen LogP contribution is -1.90. The van der Waals surface area contributed by atoms with Crippen molar-refractivity contribution in [3.63, 3.8) is 0 Å². The maximum atomic E-state index is 10.1. The van der Waals surface area contributed by atoms with E-state index in [1.54, 1.807) is 7.11 Å². The fraction of sp³-hybridized carbons (Fsp3) is 0.727. The minimum atomic E-state index is 0.318. The molecule has 1 N–H and O–H groups in total. The molecular formula is C22H38O2. The normalized spacial score (nSPS) is 10.9. The summed E-state index contributed by atoms with van der Waals surface area (Å²) in [5.74, 6) is 0.904. The molecule has 2 heteroatoms. The van der Waals surface area contributed by atoms with Gasteiger partial charge in [-0.1, -0.05) is 96.1 Å². The number of rotatable bonds is 15. The van der Waals surface area contributed by atoms with E-state index in [1.807, 2.05) is 18.2 Å². The molecule has 0 aliphatic rings. The number of hydrogen-bond acceptors (Lipinski definition) is 2. The maximum absolute atomic E-state index is 10.1. The average molecular weight is 335 g/mol. The minimum absolute atomic E-state index is 0.318. The number of para-hydroxylation sites is 1. The molecule has 1 aromatic carbocycles. The summed E-state index contributed by atoms with van der Waals surface area (Å²) in [6.07, 6.45) is 18.7. The molecule has 0 aliphatic carbocycles. The Kier molecular flexibility index (Phi) is 12.3. The molecule has 24 heavy (non-hydrogen) atoms. The van der Waals surface area contributed by atoms with Gasteiger partial charge in [0.15, 0.2) is 11.5 Å². The molecule has 0 bridgehead atoms. The fourth-order valence-electron chi connectivity index (χ4n) is 3.27. The lowest BCUT2D eigenvalue weighted by molar-refractivity contribution is 0.370. The zero-order valence-corrected chi connectivity index (χ0v) is 16.0. The van der Waals surface area contributed by atoms with E-state index in [4.69, 9.17) is 4.74 Å². The zero-order valence-electron chi connectivity index (χ0n) is 16.0. The van der Waals surface area contributed by atoms with E-state index in [9.17, 15) is 5.11 Å². The number of ether oxygens (including phenoxy) is 1. The van der Waals surface area contributed by atoms with Crippen molar-refractivity contribution in [1.82, 2.24) is 0 Å². The molecule has 0 radical (unpaired) electrons. The Morgan fingerprint density at radius 3 is 1.75 bits per heavy atom. The molecule has 0 spiro atoms. The van der Waals surface area contributed by atoms with Crippen molar-refractivity contribution in [2.45, 2.75) is 96.8 Å². The van der Waals surface area contributed by atoms with Crippen molar-refractivity contribution < 1.29 is 9.84 Å². The summed E-state index contributed by atoms with van der Waals surface area (Å²) >= 11 is 0. The highest BCUT2D eigenvalue weighted by Crippen LogP contribution is 2.30. The van der Waals surface area contributed by atoms with Crippen LogP contribution in [0.3, 0.4) is 0 Å². The molecule has 0 atom stereocenters. The number of aromatic hydroxyl groups is 1. The van der Waals surface area contributed by atoms with Crippen molar-refractivity contribution in [2.75, 3.05) is 7.11 Å². The van der Waals surface area contributed by atoms with E-state index in [-0.39, 0.29) is 0 Å². The topological polar surface area (TPSA) is 29.5 Å². The first-order valence-corrected chi connectivity index (χ1v) is 10.1. The van der Waals surface area contributed by atoms with Gasteiger partial charge in [0.1, 0.15) is 0 Å². The fourth-order valence-corrected chi connectivity index (χ4v) is 3.27. The second-order valence-corrected chi connectivity index (χ2v) is 6.96. The molecule has 0 aliphatic heterocycles. The molecule has 138 valence electrons. The highest BCUT2D eigenvalue weighted by atomic mass is 16.5. The van der Waals surface area contributed by atoms with Crippen LogP contribution < -0.4 is 4.74 Å². The van der Waals surface area contributed by atoms with Gasteiger partial charge in [0.05, 0.1) is 7.11 Å². The van der Waals surface area contributed by atoms with Gasteiger partial charge in [-0.2, -0.15) is 0 Å². The van der Waals surface area contributed by atoms with Gasteiger partial charge >= 0.3 is 0 Å². The first-order chi connectivity index (χ1) is 11.8. The largest absolute Gasteiger partial charge is 0.504 e. The predicted octanol–water partition coefficient (Wildman–Crippen LogP) is 7.03. The van der Waals surface area contributed by atoms with Crippen LogP contribution in [0.5, 0.6) is 11.5 Å². The van der Waals surface area contributed by atoms with Crippen LogP contribution in [-0.4, -0.2) is 12.2 Å². The van der Waals surface area contributed by atoms with E-state index in [0.29, 0.717) is 11.5 Å². The third kappa shape index (κ3) is 9.20. The third-order valence-corrected chi connectivity index (χ3v) is 4.85. The summed E-state index contributed by atoms with van der Waals surface area (Å²) in [4.78, 5) is 0. The van der Waals surface area contributed by atoms with Gasteiger partial charge in [0.2, 0.25) is 0 Å². The summed E-state index contributed by atoms with van der Waals surface area (Å²) in [6.45, 7) is 2.28. The second kappa shape index (κ2) is 14.2. The van der Waals surface area contributed by atoms with Gasteiger partial charge < -0.3 is 9.84 Å². The minimum Gasteiger partial charge on any atom is -0.504 e. The molecule has 0 unspecified atom stereocenters. The monoisotopic (exact) mass is 334 g/mol. The number of methoxy groups -OCH3 is 1. The SMILES string of the molecule is CCCCCCCCCCCCCCCc1cccc(OC)c1O. The van der Waals surface area contributed by atoms with Crippen LogP contribution in [-0.2, 0) is 6.42 Å². The Bertz CT molecular complexity index is 414. The Labute approximate surface area is 149 Å². The number of hydrogen-bond donors (Lipinski definition) is 1. The highest BCUT2D eigenvalue weighted by molar-refractivity contribution is 5.45. The lowest BCUT2D eigenvalue weighted by atomic mass is 10.0. The number of unbranched alkanes of at least 4 members (excludes halogenated alkanes) is 12. The molecule has 0 aromatic heterocycles. The first-order valence-electron chi connectivity index (χ1n) is 10.1. The first kappa shape index (κ1) is 20.9. The van der Waals surface area contributed by atoms with Gasteiger partial charge in [0.25, 0.3) is 0 Å². The zero-order chi connectivity index (χ0) is 17.5. The number of aryl methyl sites for hydroxylation is 1.